The van der Waals surface area contributed by atoms with Gasteiger partial charge in [0, 0.05) is 16.9 Å². The molecule has 0 saturated heterocycles. The maximum Gasteiger partial charge on any atom is 0.339 e. The summed E-state index contributed by atoms with van der Waals surface area (Å²) >= 11 is 1.27. The number of carboxylic acid groups (broad SMARTS) is 1. The Balaban J connectivity index is 2.02. The molecule has 0 atom stereocenters. The van der Waals surface area contributed by atoms with Crippen molar-refractivity contribution in [3.05, 3.63) is 40.8 Å². The van der Waals surface area contributed by atoms with Crippen LogP contribution in [0, 0.1) is 12.8 Å². The molecular weight excluding hydrogens is 286 g/mol. The normalized spacial score (nSPS) is 14.0. The maximum atomic E-state index is 11.9. The average molecular weight is 301 g/mol. The first kappa shape index (κ1) is 13.8. The molecular formula is C16H15NO3S. The van der Waals surface area contributed by atoms with Gasteiger partial charge in [-0.1, -0.05) is 24.3 Å². The van der Waals surface area contributed by atoms with Gasteiger partial charge in [0.05, 0.1) is 0 Å². The lowest BCUT2D eigenvalue weighted by Gasteiger charge is -2.07. The van der Waals surface area contributed by atoms with Crippen molar-refractivity contribution in [1.82, 2.24) is 0 Å². The number of aryl methyl sites for hydroxylation is 1. The summed E-state index contributed by atoms with van der Waals surface area (Å²) in [5.74, 6) is -1.04. The van der Waals surface area contributed by atoms with Crippen LogP contribution in [0.4, 0.5) is 5.00 Å². The van der Waals surface area contributed by atoms with Gasteiger partial charge in [-0.25, -0.2) is 4.79 Å². The summed E-state index contributed by atoms with van der Waals surface area (Å²) in [6, 6.07) is 7.65. The molecule has 2 aromatic rings. The second kappa shape index (κ2) is 5.33. The monoisotopic (exact) mass is 301 g/mol. The molecule has 0 bridgehead atoms. The maximum absolute atomic E-state index is 11.9. The largest absolute Gasteiger partial charge is 0.478 e. The average Bonchev–Trinajstić information content (AvgIpc) is 3.21. The van der Waals surface area contributed by atoms with Crippen molar-refractivity contribution in [1.29, 1.82) is 0 Å². The van der Waals surface area contributed by atoms with E-state index in [2.05, 4.69) is 5.32 Å². The van der Waals surface area contributed by atoms with Crippen LogP contribution in [0.2, 0.25) is 0 Å². The van der Waals surface area contributed by atoms with Gasteiger partial charge in [0.15, 0.2) is 0 Å². The van der Waals surface area contributed by atoms with Gasteiger partial charge in [-0.2, -0.15) is 0 Å². The summed E-state index contributed by atoms with van der Waals surface area (Å²) in [5.41, 5.74) is 2.75. The molecule has 1 amide bonds. The number of aromatic carboxylic acids is 1. The van der Waals surface area contributed by atoms with E-state index < -0.39 is 5.97 Å². The van der Waals surface area contributed by atoms with Crippen LogP contribution < -0.4 is 5.32 Å². The Morgan fingerprint density at radius 3 is 2.57 bits per heavy atom. The molecule has 1 saturated carbocycles. The predicted octanol–water partition coefficient (Wildman–Crippen LogP) is 3.77. The van der Waals surface area contributed by atoms with Gasteiger partial charge in [0.25, 0.3) is 0 Å². The van der Waals surface area contributed by atoms with Crippen LogP contribution in [0.1, 0.15) is 28.8 Å². The summed E-state index contributed by atoms with van der Waals surface area (Å²) in [5, 5.41) is 14.5. The van der Waals surface area contributed by atoms with Crippen molar-refractivity contribution in [2.75, 3.05) is 5.32 Å². The van der Waals surface area contributed by atoms with Crippen molar-refractivity contribution in [3.63, 3.8) is 0 Å². The van der Waals surface area contributed by atoms with E-state index in [1.807, 2.05) is 31.2 Å². The van der Waals surface area contributed by atoms with Crippen LogP contribution >= 0.6 is 11.3 Å². The van der Waals surface area contributed by atoms with Crippen molar-refractivity contribution < 1.29 is 14.7 Å². The minimum Gasteiger partial charge on any atom is -0.478 e. The van der Waals surface area contributed by atoms with Crippen molar-refractivity contribution >= 4 is 28.2 Å². The molecule has 1 aromatic carbocycles. The smallest absolute Gasteiger partial charge is 0.339 e. The fourth-order valence-electron chi connectivity index (χ4n) is 2.30. The zero-order valence-electron chi connectivity index (χ0n) is 11.6. The van der Waals surface area contributed by atoms with Crippen LogP contribution in [0.25, 0.3) is 11.1 Å². The molecule has 1 heterocycles. The SMILES string of the molecule is Cc1ccccc1-c1csc(NC(=O)C2CC2)c1C(=O)O. The molecule has 1 aliphatic carbocycles. The molecule has 1 aliphatic rings. The number of hydrogen-bond donors (Lipinski definition) is 2. The van der Waals surface area contributed by atoms with Gasteiger partial charge in [-0.15, -0.1) is 11.3 Å². The van der Waals surface area contributed by atoms with Crippen LogP contribution in [0.15, 0.2) is 29.6 Å². The molecule has 0 unspecified atom stereocenters. The number of nitrogens with one attached hydrogen (secondary N) is 1. The number of rotatable bonds is 4. The Bertz CT molecular complexity index is 716. The lowest BCUT2D eigenvalue weighted by molar-refractivity contribution is -0.117. The minimum atomic E-state index is -1.01. The van der Waals surface area contributed by atoms with Gasteiger partial charge in [0.1, 0.15) is 10.6 Å². The molecule has 0 radical (unpaired) electrons. The van der Waals surface area contributed by atoms with Gasteiger partial charge in [0.2, 0.25) is 5.91 Å². The Kier molecular flexibility index (Phi) is 3.51. The summed E-state index contributed by atoms with van der Waals surface area (Å²) < 4.78 is 0. The van der Waals surface area contributed by atoms with E-state index in [9.17, 15) is 14.7 Å². The van der Waals surface area contributed by atoms with Gasteiger partial charge in [-0.05, 0) is 30.9 Å². The zero-order chi connectivity index (χ0) is 15.0. The lowest BCUT2D eigenvalue weighted by atomic mass is 9.99. The minimum absolute atomic E-state index is 0.0515. The third-order valence-electron chi connectivity index (χ3n) is 3.63. The van der Waals surface area contributed by atoms with E-state index in [0.29, 0.717) is 10.6 Å². The highest BCUT2D eigenvalue weighted by Crippen LogP contribution is 2.38. The van der Waals surface area contributed by atoms with E-state index in [1.54, 1.807) is 5.38 Å². The molecule has 0 spiro atoms. The third-order valence-corrected chi connectivity index (χ3v) is 4.52. The zero-order valence-corrected chi connectivity index (χ0v) is 12.4. The number of carbonyl (C=O) groups is 2. The van der Waals surface area contributed by atoms with Crippen LogP contribution in [-0.2, 0) is 4.79 Å². The van der Waals surface area contributed by atoms with Gasteiger partial charge >= 0.3 is 5.97 Å². The van der Waals surface area contributed by atoms with E-state index in [4.69, 9.17) is 0 Å². The number of amides is 1. The molecule has 5 heteroatoms. The molecule has 1 fully saturated rings. The fraction of sp³-hybridized carbons (Fsp3) is 0.250. The molecule has 4 nitrogen and oxygen atoms in total. The quantitative estimate of drug-likeness (QED) is 0.903. The van der Waals surface area contributed by atoms with Crippen LogP contribution in [-0.4, -0.2) is 17.0 Å². The molecule has 21 heavy (non-hydrogen) atoms. The van der Waals surface area contributed by atoms with Crippen molar-refractivity contribution in [2.24, 2.45) is 5.92 Å². The highest BCUT2D eigenvalue weighted by Gasteiger charge is 2.31. The Morgan fingerprint density at radius 2 is 1.95 bits per heavy atom. The van der Waals surface area contributed by atoms with Crippen molar-refractivity contribution in [3.8, 4) is 11.1 Å². The number of carboxylic acids is 1. The van der Waals surface area contributed by atoms with E-state index in [-0.39, 0.29) is 17.4 Å². The third kappa shape index (κ3) is 2.69. The highest BCUT2D eigenvalue weighted by atomic mass is 32.1. The Morgan fingerprint density at radius 1 is 1.24 bits per heavy atom. The van der Waals surface area contributed by atoms with Gasteiger partial charge < -0.3 is 10.4 Å². The van der Waals surface area contributed by atoms with E-state index >= 15 is 0 Å². The second-order valence-corrected chi connectivity index (χ2v) is 6.12. The summed E-state index contributed by atoms with van der Waals surface area (Å²) in [6.45, 7) is 1.95. The number of hydrogen-bond acceptors (Lipinski definition) is 3. The highest BCUT2D eigenvalue weighted by molar-refractivity contribution is 7.15. The van der Waals surface area contributed by atoms with Crippen molar-refractivity contribution in [2.45, 2.75) is 19.8 Å². The molecule has 0 aliphatic heterocycles. The van der Waals surface area contributed by atoms with E-state index in [0.717, 1.165) is 24.0 Å². The first-order valence-electron chi connectivity index (χ1n) is 6.79. The van der Waals surface area contributed by atoms with E-state index in [1.165, 1.54) is 11.3 Å². The van der Waals surface area contributed by atoms with Crippen LogP contribution in [0.5, 0.6) is 0 Å². The molecule has 108 valence electrons. The number of thiophene rings is 1. The standard InChI is InChI=1S/C16H15NO3S/c1-9-4-2-3-5-11(9)12-8-21-15(13(12)16(19)20)17-14(18)10-6-7-10/h2-5,8,10H,6-7H2,1H3,(H,17,18)(H,19,20). The number of benzene rings is 1. The predicted molar refractivity (Wildman–Crippen MR) is 82.8 cm³/mol. The molecule has 1 aromatic heterocycles. The lowest BCUT2D eigenvalue weighted by Crippen LogP contribution is -2.14. The molecule has 3 rings (SSSR count). The molecule has 2 N–H and O–H groups in total. The number of anilines is 1. The Hall–Kier alpha value is -2.14. The summed E-state index contributed by atoms with van der Waals surface area (Å²) in [6.07, 6.45) is 1.79. The Labute approximate surface area is 126 Å². The summed E-state index contributed by atoms with van der Waals surface area (Å²) in [4.78, 5) is 23.5. The fourth-order valence-corrected chi connectivity index (χ4v) is 3.25. The first-order chi connectivity index (χ1) is 10.1. The number of carbonyl (C=O) groups excluding carboxylic acids is 1. The summed E-state index contributed by atoms with van der Waals surface area (Å²) in [7, 11) is 0. The van der Waals surface area contributed by atoms with Crippen LogP contribution in [0.3, 0.4) is 0 Å². The first-order valence-corrected chi connectivity index (χ1v) is 7.67. The topological polar surface area (TPSA) is 66.4 Å². The second-order valence-electron chi connectivity index (χ2n) is 5.24. The van der Waals surface area contributed by atoms with Gasteiger partial charge in [-0.3, -0.25) is 4.79 Å².